The second-order valence-corrected chi connectivity index (χ2v) is 6.65. The number of rotatable bonds is 2. The van der Waals surface area contributed by atoms with Gasteiger partial charge in [-0.2, -0.15) is 5.26 Å². The van der Waals surface area contributed by atoms with Crippen molar-refractivity contribution in [2.75, 3.05) is 7.11 Å². The molecule has 1 aliphatic rings. The number of nitriles is 1. The maximum atomic E-state index is 12.9. The molecule has 0 saturated carbocycles. The van der Waals surface area contributed by atoms with Gasteiger partial charge < -0.3 is 19.8 Å². The molecule has 0 unspecified atom stereocenters. The second kappa shape index (κ2) is 6.30. The Kier molecular flexibility index (Phi) is 4.31. The van der Waals surface area contributed by atoms with E-state index in [9.17, 15) is 10.1 Å². The average molecular weight is 402 g/mol. The molecular formula is C18H16BrN3O3. The third kappa shape index (κ3) is 2.68. The van der Waals surface area contributed by atoms with E-state index >= 15 is 0 Å². The van der Waals surface area contributed by atoms with Gasteiger partial charge in [-0.1, -0.05) is 15.9 Å². The Labute approximate surface area is 153 Å². The van der Waals surface area contributed by atoms with Crippen molar-refractivity contribution in [2.24, 2.45) is 12.8 Å². The van der Waals surface area contributed by atoms with Crippen LogP contribution in [0.1, 0.15) is 22.7 Å². The highest BCUT2D eigenvalue weighted by Crippen LogP contribution is 2.44. The summed E-state index contributed by atoms with van der Waals surface area (Å²) in [6.07, 6.45) is 0. The maximum Gasteiger partial charge on any atom is 0.258 e. The fourth-order valence-electron chi connectivity index (χ4n) is 2.98. The SMILES string of the molecule is COc1ccc(Br)cc1[C@H]1C(C#N)=C(N)Oc2cc(C)n(C)c(=O)c21. The molecule has 128 valence electrons. The van der Waals surface area contributed by atoms with E-state index in [0.29, 0.717) is 22.6 Å². The maximum absolute atomic E-state index is 12.9. The number of methoxy groups -OCH3 is 1. The summed E-state index contributed by atoms with van der Waals surface area (Å²) in [5.74, 6) is 0.253. The highest BCUT2D eigenvalue weighted by molar-refractivity contribution is 9.10. The molecule has 0 amide bonds. The average Bonchev–Trinajstić information content (AvgIpc) is 2.58. The topological polar surface area (TPSA) is 90.3 Å². The number of aromatic nitrogens is 1. The van der Waals surface area contributed by atoms with Gasteiger partial charge in [-0.05, 0) is 25.1 Å². The predicted octanol–water partition coefficient (Wildman–Crippen LogP) is 2.68. The molecule has 1 aromatic carbocycles. The largest absolute Gasteiger partial charge is 0.496 e. The number of halogens is 1. The smallest absolute Gasteiger partial charge is 0.258 e. The number of nitrogens with two attached hydrogens (primary N) is 1. The van der Waals surface area contributed by atoms with Gasteiger partial charge in [0.15, 0.2) is 0 Å². The number of fused-ring (bicyclic) bond motifs is 1. The molecular weight excluding hydrogens is 386 g/mol. The standard InChI is InChI=1S/C18H16BrN3O3/c1-9-6-14-16(18(23)22(9)2)15(12(8-20)17(21)25-14)11-7-10(19)4-5-13(11)24-3/h4-7,15H,21H2,1-3H3/t15-/m0/s1. The van der Waals surface area contributed by atoms with E-state index in [2.05, 4.69) is 22.0 Å². The molecule has 0 bridgehead atoms. The van der Waals surface area contributed by atoms with Crippen molar-refractivity contribution in [3.8, 4) is 17.6 Å². The minimum atomic E-state index is -0.666. The minimum absolute atomic E-state index is 0.00492. The van der Waals surface area contributed by atoms with Crippen LogP contribution >= 0.6 is 15.9 Å². The molecule has 0 radical (unpaired) electrons. The number of nitrogens with zero attached hydrogens (tertiary/aromatic N) is 2. The molecule has 2 N–H and O–H groups in total. The number of aryl methyl sites for hydroxylation is 1. The third-order valence-corrected chi connectivity index (χ3v) is 4.85. The Bertz CT molecular complexity index is 1000. The summed E-state index contributed by atoms with van der Waals surface area (Å²) >= 11 is 3.43. The normalized spacial score (nSPS) is 16.0. The molecule has 0 fully saturated rings. The van der Waals surface area contributed by atoms with Gasteiger partial charge in [0.2, 0.25) is 5.88 Å². The van der Waals surface area contributed by atoms with Crippen LogP contribution in [0.15, 0.2) is 45.0 Å². The Morgan fingerprint density at radius 1 is 1.40 bits per heavy atom. The van der Waals surface area contributed by atoms with E-state index < -0.39 is 5.92 Å². The van der Waals surface area contributed by atoms with Gasteiger partial charge in [-0.15, -0.1) is 0 Å². The van der Waals surface area contributed by atoms with E-state index in [0.717, 1.165) is 10.2 Å². The van der Waals surface area contributed by atoms with E-state index in [1.165, 1.54) is 4.57 Å². The van der Waals surface area contributed by atoms with Crippen LogP contribution in [-0.4, -0.2) is 11.7 Å². The zero-order valence-corrected chi connectivity index (χ0v) is 15.5. The number of benzene rings is 1. The van der Waals surface area contributed by atoms with Crippen LogP contribution in [0.5, 0.6) is 11.5 Å². The molecule has 1 atom stereocenters. The van der Waals surface area contributed by atoms with Gasteiger partial charge in [0, 0.05) is 28.8 Å². The van der Waals surface area contributed by atoms with Crippen molar-refractivity contribution < 1.29 is 9.47 Å². The van der Waals surface area contributed by atoms with Crippen LogP contribution in [0.25, 0.3) is 0 Å². The minimum Gasteiger partial charge on any atom is -0.496 e. The fourth-order valence-corrected chi connectivity index (χ4v) is 3.36. The molecule has 7 heteroatoms. The first-order chi connectivity index (χ1) is 11.9. The monoisotopic (exact) mass is 401 g/mol. The Hall–Kier alpha value is -2.72. The summed E-state index contributed by atoms with van der Waals surface area (Å²) in [5.41, 5.74) is 7.70. The van der Waals surface area contributed by atoms with Crippen molar-refractivity contribution in [1.29, 1.82) is 5.26 Å². The summed E-state index contributed by atoms with van der Waals surface area (Å²) in [4.78, 5) is 12.9. The van der Waals surface area contributed by atoms with Crippen LogP contribution in [-0.2, 0) is 7.05 Å². The van der Waals surface area contributed by atoms with Crippen molar-refractivity contribution in [3.05, 3.63) is 67.4 Å². The summed E-state index contributed by atoms with van der Waals surface area (Å²) in [7, 11) is 3.22. The van der Waals surface area contributed by atoms with E-state index in [1.54, 1.807) is 33.2 Å². The van der Waals surface area contributed by atoms with Gasteiger partial charge in [0.1, 0.15) is 23.1 Å². The lowest BCUT2D eigenvalue weighted by molar-refractivity contribution is 0.383. The van der Waals surface area contributed by atoms with Gasteiger partial charge in [-0.3, -0.25) is 4.79 Å². The van der Waals surface area contributed by atoms with Gasteiger partial charge in [0.05, 0.1) is 18.6 Å². The molecule has 2 aromatic rings. The number of allylic oxidation sites excluding steroid dienone is 1. The number of ether oxygens (including phenoxy) is 2. The summed E-state index contributed by atoms with van der Waals surface area (Å²) in [6.45, 7) is 1.81. The van der Waals surface area contributed by atoms with E-state index in [4.69, 9.17) is 15.2 Å². The summed E-state index contributed by atoms with van der Waals surface area (Å²) in [6, 6.07) is 9.26. The first-order valence-corrected chi connectivity index (χ1v) is 8.29. The second-order valence-electron chi connectivity index (χ2n) is 5.74. The first-order valence-electron chi connectivity index (χ1n) is 7.50. The molecule has 0 aliphatic carbocycles. The Morgan fingerprint density at radius 3 is 2.76 bits per heavy atom. The van der Waals surface area contributed by atoms with Crippen molar-refractivity contribution in [3.63, 3.8) is 0 Å². The van der Waals surface area contributed by atoms with Crippen LogP contribution in [0.3, 0.4) is 0 Å². The molecule has 0 spiro atoms. The molecule has 6 nitrogen and oxygen atoms in total. The summed E-state index contributed by atoms with van der Waals surface area (Å²) < 4.78 is 13.3. The lowest BCUT2D eigenvalue weighted by Gasteiger charge is -2.27. The molecule has 25 heavy (non-hydrogen) atoms. The van der Waals surface area contributed by atoms with Crippen LogP contribution in [0.4, 0.5) is 0 Å². The number of hydrogen-bond acceptors (Lipinski definition) is 5. The Morgan fingerprint density at radius 2 is 2.12 bits per heavy atom. The predicted molar refractivity (Wildman–Crippen MR) is 96.4 cm³/mol. The Balaban J connectivity index is 2.40. The quantitative estimate of drug-likeness (QED) is 0.834. The van der Waals surface area contributed by atoms with Gasteiger partial charge in [-0.25, -0.2) is 0 Å². The lowest BCUT2D eigenvalue weighted by atomic mass is 9.83. The summed E-state index contributed by atoms with van der Waals surface area (Å²) in [5, 5.41) is 9.64. The highest BCUT2D eigenvalue weighted by atomic mass is 79.9. The molecule has 1 aromatic heterocycles. The molecule has 3 rings (SSSR count). The molecule has 1 aliphatic heterocycles. The number of pyridine rings is 1. The zero-order valence-electron chi connectivity index (χ0n) is 14.0. The zero-order chi connectivity index (χ0) is 18.3. The van der Waals surface area contributed by atoms with E-state index in [-0.39, 0.29) is 17.0 Å². The van der Waals surface area contributed by atoms with E-state index in [1.807, 2.05) is 12.1 Å². The molecule has 0 saturated heterocycles. The third-order valence-electron chi connectivity index (χ3n) is 4.36. The first kappa shape index (κ1) is 17.1. The fraction of sp³-hybridized carbons (Fsp3) is 0.222. The number of hydrogen-bond donors (Lipinski definition) is 1. The lowest BCUT2D eigenvalue weighted by Crippen LogP contribution is -2.31. The van der Waals surface area contributed by atoms with Crippen LogP contribution < -0.4 is 20.8 Å². The van der Waals surface area contributed by atoms with Crippen LogP contribution in [0.2, 0.25) is 0 Å². The highest BCUT2D eigenvalue weighted by Gasteiger charge is 2.35. The van der Waals surface area contributed by atoms with Gasteiger partial charge in [0.25, 0.3) is 5.56 Å². The van der Waals surface area contributed by atoms with Gasteiger partial charge >= 0.3 is 0 Å². The molecule has 2 heterocycles. The van der Waals surface area contributed by atoms with Crippen LogP contribution in [0, 0.1) is 18.3 Å². The van der Waals surface area contributed by atoms with Crippen molar-refractivity contribution in [2.45, 2.75) is 12.8 Å². The van der Waals surface area contributed by atoms with Crippen molar-refractivity contribution >= 4 is 15.9 Å². The van der Waals surface area contributed by atoms with Crippen molar-refractivity contribution in [1.82, 2.24) is 4.57 Å².